The normalized spacial score (nSPS) is 10.6. The van der Waals surface area contributed by atoms with Crippen LogP contribution in [0.3, 0.4) is 0 Å². The van der Waals surface area contributed by atoms with Crippen LogP contribution in [0.25, 0.3) is 21.8 Å². The van der Waals surface area contributed by atoms with Crippen LogP contribution >= 0.6 is 38.9 Å². The van der Waals surface area contributed by atoms with Crippen molar-refractivity contribution in [3.8, 4) is 21.8 Å². The van der Waals surface area contributed by atoms with Gasteiger partial charge in [0.1, 0.15) is 5.01 Å². The van der Waals surface area contributed by atoms with Crippen molar-refractivity contribution < 1.29 is 0 Å². The summed E-state index contributed by atoms with van der Waals surface area (Å²) in [5.74, 6) is 0. The molecule has 0 aliphatic rings. The average Bonchev–Trinajstić information content (AvgIpc) is 2.89. The molecule has 0 saturated carbocycles. The highest BCUT2D eigenvalue weighted by Crippen LogP contribution is 2.33. The minimum Gasteiger partial charge on any atom is -0.236 e. The lowest BCUT2D eigenvalue weighted by atomic mass is 10.2. The number of hydrogen-bond acceptors (Lipinski definition) is 2. The van der Waals surface area contributed by atoms with Crippen LogP contribution in [0.5, 0.6) is 0 Å². The molecule has 0 atom stereocenters. The fraction of sp³-hybridized carbons (Fsp3) is 0. The maximum Gasteiger partial charge on any atom is 0.125 e. The first kappa shape index (κ1) is 12.9. The van der Waals surface area contributed by atoms with E-state index in [1.807, 2.05) is 42.5 Å². The smallest absolute Gasteiger partial charge is 0.125 e. The number of thiazole rings is 1. The standard InChI is InChI=1S/C15H9BrClNS/c16-13-4-2-1-3-12(13)15-18-14(9-19-15)10-5-7-11(17)8-6-10/h1-9H. The van der Waals surface area contributed by atoms with Crippen molar-refractivity contribution in [2.45, 2.75) is 0 Å². The Morgan fingerprint density at radius 3 is 2.47 bits per heavy atom. The molecule has 19 heavy (non-hydrogen) atoms. The third-order valence-electron chi connectivity index (χ3n) is 2.75. The van der Waals surface area contributed by atoms with Gasteiger partial charge >= 0.3 is 0 Å². The third-order valence-corrected chi connectivity index (χ3v) is 4.57. The fourth-order valence-electron chi connectivity index (χ4n) is 1.79. The Morgan fingerprint density at radius 2 is 1.74 bits per heavy atom. The minimum atomic E-state index is 0.741. The van der Waals surface area contributed by atoms with E-state index in [2.05, 4.69) is 32.4 Å². The first-order valence-corrected chi connectivity index (χ1v) is 7.75. The van der Waals surface area contributed by atoms with Crippen LogP contribution in [0.2, 0.25) is 5.02 Å². The molecule has 1 nitrogen and oxygen atoms in total. The lowest BCUT2D eigenvalue weighted by molar-refractivity contribution is 1.40. The largest absolute Gasteiger partial charge is 0.236 e. The Kier molecular flexibility index (Phi) is 3.69. The summed E-state index contributed by atoms with van der Waals surface area (Å²) in [6.07, 6.45) is 0. The van der Waals surface area contributed by atoms with Gasteiger partial charge in [0.05, 0.1) is 5.69 Å². The van der Waals surface area contributed by atoms with Gasteiger partial charge < -0.3 is 0 Å². The summed E-state index contributed by atoms with van der Waals surface area (Å²) in [5.41, 5.74) is 3.18. The lowest BCUT2D eigenvalue weighted by Crippen LogP contribution is -1.80. The molecule has 1 heterocycles. The molecule has 0 spiro atoms. The van der Waals surface area contributed by atoms with Crippen molar-refractivity contribution in [2.24, 2.45) is 0 Å². The molecule has 3 aromatic rings. The van der Waals surface area contributed by atoms with Gasteiger partial charge in [-0.1, -0.05) is 57.9 Å². The lowest BCUT2D eigenvalue weighted by Gasteiger charge is -1.99. The summed E-state index contributed by atoms with van der Waals surface area (Å²) in [6, 6.07) is 15.9. The van der Waals surface area contributed by atoms with E-state index in [0.29, 0.717) is 0 Å². The predicted molar refractivity (Wildman–Crippen MR) is 85.7 cm³/mol. The van der Waals surface area contributed by atoms with E-state index in [1.54, 1.807) is 11.3 Å². The Morgan fingerprint density at radius 1 is 1.00 bits per heavy atom. The van der Waals surface area contributed by atoms with E-state index in [9.17, 15) is 0 Å². The molecule has 0 fully saturated rings. The first-order chi connectivity index (χ1) is 9.24. The highest BCUT2D eigenvalue weighted by molar-refractivity contribution is 9.10. The number of benzene rings is 2. The average molecular weight is 351 g/mol. The number of hydrogen-bond donors (Lipinski definition) is 0. The van der Waals surface area contributed by atoms with Crippen LogP contribution in [0, 0.1) is 0 Å². The van der Waals surface area contributed by atoms with Gasteiger partial charge in [-0.2, -0.15) is 0 Å². The zero-order valence-electron chi connectivity index (χ0n) is 9.81. The number of rotatable bonds is 2. The van der Waals surface area contributed by atoms with Crippen molar-refractivity contribution in [2.75, 3.05) is 0 Å². The molecule has 3 rings (SSSR count). The molecule has 1 aromatic heterocycles. The van der Waals surface area contributed by atoms with Gasteiger partial charge in [-0.15, -0.1) is 11.3 Å². The monoisotopic (exact) mass is 349 g/mol. The van der Waals surface area contributed by atoms with Crippen LogP contribution in [-0.4, -0.2) is 4.98 Å². The van der Waals surface area contributed by atoms with Gasteiger partial charge in [0.15, 0.2) is 0 Å². The van der Waals surface area contributed by atoms with E-state index in [1.165, 1.54) is 0 Å². The molecule has 0 saturated heterocycles. The van der Waals surface area contributed by atoms with Gasteiger partial charge in [-0.05, 0) is 18.2 Å². The van der Waals surface area contributed by atoms with E-state index in [0.717, 1.165) is 31.3 Å². The van der Waals surface area contributed by atoms with E-state index in [4.69, 9.17) is 11.6 Å². The quantitative estimate of drug-likeness (QED) is 0.561. The Bertz CT molecular complexity index is 706. The van der Waals surface area contributed by atoms with E-state index < -0.39 is 0 Å². The van der Waals surface area contributed by atoms with Crippen molar-refractivity contribution in [3.63, 3.8) is 0 Å². The molecule has 0 bridgehead atoms. The first-order valence-electron chi connectivity index (χ1n) is 5.70. The maximum absolute atomic E-state index is 5.90. The van der Waals surface area contributed by atoms with Crippen molar-refractivity contribution in [1.29, 1.82) is 0 Å². The minimum absolute atomic E-state index is 0.741. The molecular weight excluding hydrogens is 342 g/mol. The second kappa shape index (κ2) is 5.45. The van der Waals surface area contributed by atoms with Crippen LogP contribution in [-0.2, 0) is 0 Å². The highest BCUT2D eigenvalue weighted by atomic mass is 79.9. The summed E-state index contributed by atoms with van der Waals surface area (Å²) >= 11 is 11.1. The Balaban J connectivity index is 2.00. The zero-order chi connectivity index (χ0) is 13.2. The van der Waals surface area contributed by atoms with Crippen molar-refractivity contribution in [1.82, 2.24) is 4.98 Å². The van der Waals surface area contributed by atoms with Crippen LogP contribution < -0.4 is 0 Å². The molecular formula is C15H9BrClNS. The summed E-state index contributed by atoms with van der Waals surface area (Å²) < 4.78 is 1.06. The van der Waals surface area contributed by atoms with Crippen LogP contribution in [0.4, 0.5) is 0 Å². The van der Waals surface area contributed by atoms with Crippen molar-refractivity contribution in [3.05, 3.63) is 63.4 Å². The number of halogens is 2. The summed E-state index contributed by atoms with van der Waals surface area (Å²) in [6.45, 7) is 0. The molecule has 0 aliphatic carbocycles. The van der Waals surface area contributed by atoms with Crippen molar-refractivity contribution >= 4 is 38.9 Å². The van der Waals surface area contributed by atoms with Crippen LogP contribution in [0.1, 0.15) is 0 Å². The van der Waals surface area contributed by atoms with Gasteiger partial charge in [0, 0.05) is 26.0 Å². The van der Waals surface area contributed by atoms with Gasteiger partial charge in [-0.3, -0.25) is 0 Å². The summed E-state index contributed by atoms with van der Waals surface area (Å²) in [4.78, 5) is 4.69. The third kappa shape index (κ3) is 2.73. The molecule has 4 heteroatoms. The second-order valence-corrected chi connectivity index (χ2v) is 6.17. The molecule has 0 aliphatic heterocycles. The molecule has 0 amide bonds. The van der Waals surface area contributed by atoms with Gasteiger partial charge in [0.2, 0.25) is 0 Å². The molecule has 2 aromatic carbocycles. The van der Waals surface area contributed by atoms with Gasteiger partial charge in [-0.25, -0.2) is 4.98 Å². The maximum atomic E-state index is 5.90. The number of nitrogens with zero attached hydrogens (tertiary/aromatic N) is 1. The predicted octanol–water partition coefficient (Wildman–Crippen LogP) is 5.89. The molecule has 0 unspecified atom stereocenters. The zero-order valence-corrected chi connectivity index (χ0v) is 13.0. The fourth-order valence-corrected chi connectivity index (χ4v) is 3.38. The number of aromatic nitrogens is 1. The molecule has 0 radical (unpaired) electrons. The molecule has 0 N–H and O–H groups in total. The van der Waals surface area contributed by atoms with Gasteiger partial charge in [0.25, 0.3) is 0 Å². The second-order valence-electron chi connectivity index (χ2n) is 4.02. The Hall–Kier alpha value is -1.16. The van der Waals surface area contributed by atoms with E-state index in [-0.39, 0.29) is 0 Å². The van der Waals surface area contributed by atoms with Crippen LogP contribution in [0.15, 0.2) is 58.4 Å². The summed E-state index contributed by atoms with van der Waals surface area (Å²) in [7, 11) is 0. The van der Waals surface area contributed by atoms with E-state index >= 15 is 0 Å². The summed E-state index contributed by atoms with van der Waals surface area (Å²) in [5, 5.41) is 3.82. The molecule has 94 valence electrons. The highest BCUT2D eigenvalue weighted by Gasteiger charge is 2.08. The topological polar surface area (TPSA) is 12.9 Å². The Labute approximate surface area is 129 Å². The SMILES string of the molecule is Clc1ccc(-c2csc(-c3ccccc3Br)n2)cc1.